The number of hydrogen-bond donors (Lipinski definition) is 4. The van der Waals surface area contributed by atoms with Crippen LogP contribution in [0.3, 0.4) is 0 Å². The lowest BCUT2D eigenvalue weighted by atomic mass is 10.1. The lowest BCUT2D eigenvalue weighted by Crippen LogP contribution is -2.51. The van der Waals surface area contributed by atoms with Crippen LogP contribution in [0.25, 0.3) is 0 Å². The summed E-state index contributed by atoms with van der Waals surface area (Å²) in [6.07, 6.45) is -2.17. The van der Waals surface area contributed by atoms with Crippen molar-refractivity contribution >= 4 is 36.6 Å². The van der Waals surface area contributed by atoms with Crippen molar-refractivity contribution in [2.45, 2.75) is 50.8 Å². The Balaban J connectivity index is 0.00000338. The van der Waals surface area contributed by atoms with E-state index in [-0.39, 0.29) is 36.5 Å². The van der Waals surface area contributed by atoms with Crippen molar-refractivity contribution in [3.05, 3.63) is 22.7 Å². The molecule has 1 unspecified atom stereocenters. The molecule has 156 valence electrons. The predicted octanol–water partition coefficient (Wildman–Crippen LogP) is -0.795. The molecule has 0 aliphatic carbocycles. The number of nitrogens with two attached hydrogens (primary N) is 2. The van der Waals surface area contributed by atoms with Crippen LogP contribution in [0.2, 0.25) is 0 Å². The molecule has 0 bridgehead atoms. The first-order valence-electron chi connectivity index (χ1n) is 7.89. The fourth-order valence-electron chi connectivity index (χ4n) is 2.65. The van der Waals surface area contributed by atoms with Crippen molar-refractivity contribution in [1.82, 2.24) is 9.55 Å². The van der Waals surface area contributed by atoms with E-state index in [0.29, 0.717) is 0 Å². The average molecular weight is 431 g/mol. The molecular weight excluding hydrogens is 405 g/mol. The third-order valence-corrected chi connectivity index (χ3v) is 4.23. The Kier molecular flexibility index (Phi) is 9.16. The summed E-state index contributed by atoms with van der Waals surface area (Å²) in [6.45, 7) is 4.32. The van der Waals surface area contributed by atoms with Crippen molar-refractivity contribution in [1.29, 1.82) is 0 Å². The molecule has 10 nitrogen and oxygen atoms in total. The van der Waals surface area contributed by atoms with E-state index < -0.39 is 48.3 Å². The second-order valence-corrected chi connectivity index (χ2v) is 6.60. The van der Waals surface area contributed by atoms with E-state index in [1.807, 2.05) is 0 Å². The van der Waals surface area contributed by atoms with Crippen molar-refractivity contribution in [2.75, 3.05) is 12.3 Å². The smallest absolute Gasteiger partial charge is 0.351 e. The number of hydrogen-bond acceptors (Lipinski definition) is 9. The van der Waals surface area contributed by atoms with Crippen molar-refractivity contribution in [3.63, 3.8) is 0 Å². The SMILES string of the molecule is CC(C)C(N)C(=O)O[C@H]1[C@H](CO)O[C@H](n2ccc(N)nc2=O)[14C@@]1(C)O.Cl.Cl. The highest BCUT2D eigenvalue weighted by Crippen LogP contribution is 2.39. The van der Waals surface area contributed by atoms with Gasteiger partial charge in [0.2, 0.25) is 0 Å². The summed E-state index contributed by atoms with van der Waals surface area (Å²) in [5.41, 5.74) is 8.67. The Morgan fingerprint density at radius 3 is 2.56 bits per heavy atom. The maximum absolute atomic E-state index is 12.2. The molecule has 6 N–H and O–H groups in total. The van der Waals surface area contributed by atoms with Crippen LogP contribution in [0.15, 0.2) is 17.1 Å². The maximum Gasteiger partial charge on any atom is 0.351 e. The Morgan fingerprint density at radius 2 is 2.07 bits per heavy atom. The van der Waals surface area contributed by atoms with Gasteiger partial charge in [-0.2, -0.15) is 4.98 Å². The summed E-state index contributed by atoms with van der Waals surface area (Å²) >= 11 is 0. The highest BCUT2D eigenvalue weighted by Gasteiger charge is 2.56. The third kappa shape index (κ3) is 5.09. The van der Waals surface area contributed by atoms with Crippen LogP contribution in [-0.4, -0.2) is 56.2 Å². The normalized spacial score (nSPS) is 28.2. The van der Waals surface area contributed by atoms with Crippen LogP contribution < -0.4 is 17.2 Å². The summed E-state index contributed by atoms with van der Waals surface area (Å²) < 4.78 is 11.9. The molecule has 27 heavy (non-hydrogen) atoms. The molecule has 1 fully saturated rings. The largest absolute Gasteiger partial charge is 0.455 e. The van der Waals surface area contributed by atoms with Crippen molar-refractivity contribution in [2.24, 2.45) is 11.7 Å². The fraction of sp³-hybridized carbons (Fsp3) is 0.667. The number of carbonyl (C=O) groups is 1. The summed E-state index contributed by atoms with van der Waals surface area (Å²) in [5.74, 6) is -0.888. The molecule has 0 amide bonds. The molecule has 0 saturated carbocycles. The first-order chi connectivity index (χ1) is 11.6. The van der Waals surface area contributed by atoms with Crippen LogP contribution in [-0.2, 0) is 14.3 Å². The van der Waals surface area contributed by atoms with Gasteiger partial charge in [-0.1, -0.05) is 13.8 Å². The van der Waals surface area contributed by atoms with Crippen LogP contribution in [0.4, 0.5) is 5.82 Å². The Morgan fingerprint density at radius 1 is 1.48 bits per heavy atom. The minimum Gasteiger partial charge on any atom is -0.455 e. The quantitative estimate of drug-likeness (QED) is 0.437. The monoisotopic (exact) mass is 430 g/mol. The Labute approximate surface area is 168 Å². The fourth-order valence-corrected chi connectivity index (χ4v) is 2.65. The first kappa shape index (κ1) is 25.6. The van der Waals surface area contributed by atoms with Gasteiger partial charge < -0.3 is 31.2 Å². The summed E-state index contributed by atoms with van der Waals surface area (Å²) in [4.78, 5) is 27.8. The molecule has 2 heterocycles. The van der Waals surface area contributed by atoms with Crippen LogP contribution in [0.1, 0.15) is 27.0 Å². The zero-order chi connectivity index (χ0) is 18.9. The van der Waals surface area contributed by atoms with Gasteiger partial charge in [-0.05, 0) is 18.9 Å². The predicted molar refractivity (Wildman–Crippen MR) is 102 cm³/mol. The highest BCUT2D eigenvalue weighted by atomic mass is 35.5. The van der Waals surface area contributed by atoms with E-state index in [2.05, 4.69) is 4.98 Å². The molecule has 0 spiro atoms. The van der Waals surface area contributed by atoms with Gasteiger partial charge in [0.05, 0.1) is 6.61 Å². The molecule has 5 atom stereocenters. The van der Waals surface area contributed by atoms with Crippen LogP contribution >= 0.6 is 24.8 Å². The number of esters is 1. The van der Waals surface area contributed by atoms with Crippen molar-refractivity contribution < 1.29 is 24.5 Å². The number of aliphatic hydroxyl groups excluding tert-OH is 1. The average Bonchev–Trinajstić information content (AvgIpc) is 2.77. The van der Waals surface area contributed by atoms with Gasteiger partial charge in [0, 0.05) is 6.20 Å². The summed E-state index contributed by atoms with van der Waals surface area (Å²) in [7, 11) is 0. The van der Waals surface area contributed by atoms with Gasteiger partial charge in [-0.25, -0.2) is 4.79 Å². The van der Waals surface area contributed by atoms with Crippen LogP contribution in [0.5, 0.6) is 0 Å². The molecule has 0 radical (unpaired) electrons. The summed E-state index contributed by atoms with van der Waals surface area (Å²) in [6, 6.07) is 0.470. The lowest BCUT2D eigenvalue weighted by Gasteiger charge is -2.30. The van der Waals surface area contributed by atoms with Gasteiger partial charge in [0.1, 0.15) is 23.6 Å². The minimum absolute atomic E-state index is 0. The molecule has 1 saturated heterocycles. The lowest BCUT2D eigenvalue weighted by molar-refractivity contribution is -0.166. The number of nitrogen functional groups attached to an aromatic ring is 1. The number of carbonyl (C=O) groups excluding carboxylic acids is 1. The molecule has 1 aromatic heterocycles. The Bertz CT molecular complexity index is 699. The summed E-state index contributed by atoms with van der Waals surface area (Å²) in [5, 5.41) is 20.4. The number of ether oxygens (including phenoxy) is 2. The van der Waals surface area contributed by atoms with Crippen molar-refractivity contribution in [3.8, 4) is 0 Å². The molecule has 2 rings (SSSR count). The van der Waals surface area contributed by atoms with E-state index in [1.165, 1.54) is 19.2 Å². The number of halogens is 2. The molecule has 0 aromatic carbocycles. The van der Waals surface area contributed by atoms with Gasteiger partial charge in [-0.15, -0.1) is 24.8 Å². The van der Waals surface area contributed by atoms with Gasteiger partial charge in [0.25, 0.3) is 0 Å². The molecule has 1 aliphatic heterocycles. The topological polar surface area (TPSA) is 163 Å². The maximum atomic E-state index is 12.2. The minimum atomic E-state index is -1.80. The van der Waals surface area contributed by atoms with E-state index in [0.717, 1.165) is 4.57 Å². The third-order valence-electron chi connectivity index (χ3n) is 4.23. The van der Waals surface area contributed by atoms with Gasteiger partial charge >= 0.3 is 11.7 Å². The highest BCUT2D eigenvalue weighted by molar-refractivity contribution is 5.85. The number of anilines is 1. The standard InChI is InChI=1S/C15H24N4O6.2ClH/c1-7(2)10(17)12(21)25-11-8(6-20)24-13(15(11,3)23)19-5-4-9(16)18-14(19)22;;/h4-5,7-8,10-11,13,20,23H,6,17H2,1-3H3,(H2,16,18,22);2*1H/t8-,10?,11-,13-,15-;;/m0../s1/i15+2;;. The molecule has 1 aliphatic rings. The van der Waals surface area contributed by atoms with E-state index in [9.17, 15) is 19.8 Å². The Hall–Kier alpha value is -1.43. The number of rotatable bonds is 5. The zero-order valence-corrected chi connectivity index (χ0v) is 16.8. The zero-order valence-electron chi connectivity index (χ0n) is 15.1. The number of aromatic nitrogens is 2. The molecule has 12 heteroatoms. The second kappa shape index (κ2) is 9.67. The van der Waals surface area contributed by atoms with Gasteiger partial charge in [-0.3, -0.25) is 9.36 Å². The van der Waals surface area contributed by atoms with E-state index >= 15 is 0 Å². The van der Waals surface area contributed by atoms with Gasteiger partial charge in [0.15, 0.2) is 12.3 Å². The van der Waals surface area contributed by atoms with Crippen LogP contribution in [0, 0.1) is 5.92 Å². The van der Waals surface area contributed by atoms with E-state index in [1.54, 1.807) is 13.8 Å². The number of nitrogens with zero attached hydrogens (tertiary/aromatic N) is 2. The molecule has 1 aromatic rings. The van der Waals surface area contributed by atoms with E-state index in [4.69, 9.17) is 20.9 Å². The first-order valence-corrected chi connectivity index (χ1v) is 7.89. The second-order valence-electron chi connectivity index (χ2n) is 6.60. The number of aliphatic hydroxyl groups is 2. The molecular formula is C15H26Cl2N4O6.